The zero-order chi connectivity index (χ0) is 11.5. The molecule has 0 saturated carbocycles. The molecule has 1 aromatic rings. The third-order valence-corrected chi connectivity index (χ3v) is 2.71. The topological polar surface area (TPSA) is 52.6 Å². The number of carbonyl (C=O) groups is 2. The van der Waals surface area contributed by atoms with Crippen molar-refractivity contribution in [1.82, 2.24) is 0 Å². The minimum absolute atomic E-state index is 0.141. The van der Waals surface area contributed by atoms with Crippen LogP contribution in [0.5, 0.6) is 0 Å². The maximum atomic E-state index is 11.6. The van der Waals surface area contributed by atoms with Crippen molar-refractivity contribution < 1.29 is 19.1 Å². The van der Waals surface area contributed by atoms with Gasteiger partial charge in [-0.2, -0.15) is 0 Å². The van der Waals surface area contributed by atoms with E-state index in [0.717, 1.165) is 4.47 Å². The van der Waals surface area contributed by atoms with Gasteiger partial charge in [0.2, 0.25) is 0 Å². The lowest BCUT2D eigenvalue weighted by Crippen LogP contribution is -2.18. The molecule has 1 aliphatic heterocycles. The molecule has 5 heteroatoms. The second-order valence-electron chi connectivity index (χ2n) is 3.42. The van der Waals surface area contributed by atoms with Gasteiger partial charge in [0.15, 0.2) is 0 Å². The van der Waals surface area contributed by atoms with Crippen LogP contribution >= 0.6 is 15.9 Å². The highest BCUT2D eigenvalue weighted by Gasteiger charge is 2.27. The predicted molar refractivity (Wildman–Crippen MR) is 58.9 cm³/mol. The molecule has 2 rings (SSSR count). The number of hydrogen-bond donors (Lipinski definition) is 0. The van der Waals surface area contributed by atoms with Crippen molar-refractivity contribution in [3.63, 3.8) is 0 Å². The molecule has 0 N–H and O–H groups in total. The number of esters is 2. The quantitative estimate of drug-likeness (QED) is 0.779. The van der Waals surface area contributed by atoms with Crippen molar-refractivity contribution in [2.45, 2.75) is 12.5 Å². The Hall–Kier alpha value is -1.36. The second-order valence-corrected chi connectivity index (χ2v) is 4.34. The van der Waals surface area contributed by atoms with Crippen LogP contribution in [0.25, 0.3) is 0 Å². The minimum Gasteiger partial charge on any atom is -0.462 e. The van der Waals surface area contributed by atoms with Crippen LogP contribution in [0.1, 0.15) is 16.8 Å². The van der Waals surface area contributed by atoms with Crippen LogP contribution in [0, 0.1) is 0 Å². The van der Waals surface area contributed by atoms with Gasteiger partial charge in [-0.05, 0) is 24.3 Å². The third-order valence-electron chi connectivity index (χ3n) is 2.18. The van der Waals surface area contributed by atoms with E-state index in [9.17, 15) is 9.59 Å². The van der Waals surface area contributed by atoms with Crippen LogP contribution in [0.15, 0.2) is 28.7 Å². The highest BCUT2D eigenvalue weighted by Crippen LogP contribution is 2.15. The van der Waals surface area contributed by atoms with E-state index in [1.54, 1.807) is 24.3 Å². The summed E-state index contributed by atoms with van der Waals surface area (Å²) in [5, 5.41) is 0. The van der Waals surface area contributed by atoms with Crippen LogP contribution in [-0.4, -0.2) is 24.6 Å². The average molecular weight is 285 g/mol. The molecule has 0 unspecified atom stereocenters. The Labute approximate surface area is 101 Å². The fourth-order valence-corrected chi connectivity index (χ4v) is 1.64. The SMILES string of the molecule is O=C1C[C@H](OC(=O)c2ccc(Br)cc2)CO1. The van der Waals surface area contributed by atoms with E-state index in [4.69, 9.17) is 9.47 Å². The molecular formula is C11H9BrO4. The number of hydrogen-bond acceptors (Lipinski definition) is 4. The average Bonchev–Trinajstić information content (AvgIpc) is 2.65. The molecule has 0 radical (unpaired) electrons. The summed E-state index contributed by atoms with van der Waals surface area (Å²) in [6.45, 7) is 0.154. The van der Waals surface area contributed by atoms with Gasteiger partial charge in [-0.1, -0.05) is 15.9 Å². The zero-order valence-electron chi connectivity index (χ0n) is 8.31. The summed E-state index contributed by atoms with van der Waals surface area (Å²) in [6, 6.07) is 6.83. The summed E-state index contributed by atoms with van der Waals surface area (Å²) in [6.07, 6.45) is -0.314. The van der Waals surface area contributed by atoms with E-state index in [0.29, 0.717) is 5.56 Å². The molecule has 4 nitrogen and oxygen atoms in total. The van der Waals surface area contributed by atoms with Gasteiger partial charge in [0.25, 0.3) is 0 Å². The lowest BCUT2D eigenvalue weighted by atomic mass is 10.2. The minimum atomic E-state index is -0.455. The van der Waals surface area contributed by atoms with Crippen LogP contribution in [0.4, 0.5) is 0 Å². The maximum absolute atomic E-state index is 11.6. The van der Waals surface area contributed by atoms with Crippen molar-refractivity contribution in [3.8, 4) is 0 Å². The highest BCUT2D eigenvalue weighted by molar-refractivity contribution is 9.10. The first-order valence-electron chi connectivity index (χ1n) is 4.77. The molecule has 0 bridgehead atoms. The molecule has 0 amide bonds. The van der Waals surface area contributed by atoms with Crippen molar-refractivity contribution >= 4 is 27.9 Å². The summed E-state index contributed by atoms with van der Waals surface area (Å²) < 4.78 is 10.7. The molecule has 1 fully saturated rings. The first-order valence-corrected chi connectivity index (χ1v) is 5.56. The number of rotatable bonds is 2. The standard InChI is InChI=1S/C11H9BrO4/c12-8-3-1-7(2-4-8)11(14)16-9-5-10(13)15-6-9/h1-4,9H,5-6H2/t9-/m0/s1. The van der Waals surface area contributed by atoms with Crippen LogP contribution in [-0.2, 0) is 14.3 Å². The Bertz CT molecular complexity index is 412. The second kappa shape index (κ2) is 4.65. The molecule has 1 heterocycles. The third kappa shape index (κ3) is 2.61. The fraction of sp³-hybridized carbons (Fsp3) is 0.273. The lowest BCUT2D eigenvalue weighted by Gasteiger charge is -2.08. The summed E-state index contributed by atoms with van der Waals surface area (Å²) >= 11 is 3.27. The number of benzene rings is 1. The summed E-state index contributed by atoms with van der Waals surface area (Å²) in [7, 11) is 0. The monoisotopic (exact) mass is 284 g/mol. The molecule has 1 atom stereocenters. The molecule has 1 aromatic carbocycles. The molecule has 0 aromatic heterocycles. The molecule has 0 spiro atoms. The van der Waals surface area contributed by atoms with E-state index in [1.807, 2.05) is 0 Å². The fourth-order valence-electron chi connectivity index (χ4n) is 1.37. The Kier molecular flexibility index (Phi) is 3.24. The predicted octanol–water partition coefficient (Wildman–Crippen LogP) is 1.92. The van der Waals surface area contributed by atoms with E-state index in [2.05, 4.69) is 15.9 Å². The molecule has 1 saturated heterocycles. The lowest BCUT2D eigenvalue weighted by molar-refractivity contribution is -0.137. The van der Waals surface area contributed by atoms with Gasteiger partial charge in [0.1, 0.15) is 12.7 Å². The van der Waals surface area contributed by atoms with Gasteiger partial charge in [-0.3, -0.25) is 4.79 Å². The molecule has 0 aliphatic carbocycles. The Morgan fingerprint density at radius 1 is 1.38 bits per heavy atom. The number of carbonyl (C=O) groups excluding carboxylic acids is 2. The Balaban J connectivity index is 1.98. The molecule has 16 heavy (non-hydrogen) atoms. The largest absolute Gasteiger partial charge is 0.462 e. The maximum Gasteiger partial charge on any atom is 0.338 e. The van der Waals surface area contributed by atoms with Crippen molar-refractivity contribution in [2.24, 2.45) is 0 Å². The van der Waals surface area contributed by atoms with E-state index in [-0.39, 0.29) is 19.0 Å². The Morgan fingerprint density at radius 3 is 2.62 bits per heavy atom. The van der Waals surface area contributed by atoms with Crippen molar-refractivity contribution in [1.29, 1.82) is 0 Å². The molecule has 84 valence electrons. The number of cyclic esters (lactones) is 1. The number of halogens is 1. The van der Waals surface area contributed by atoms with E-state index in [1.165, 1.54) is 0 Å². The Morgan fingerprint density at radius 2 is 2.06 bits per heavy atom. The summed E-state index contributed by atoms with van der Waals surface area (Å²) in [4.78, 5) is 22.4. The van der Waals surface area contributed by atoms with Crippen LogP contribution in [0.2, 0.25) is 0 Å². The van der Waals surface area contributed by atoms with Crippen LogP contribution in [0.3, 0.4) is 0 Å². The molecular weight excluding hydrogens is 276 g/mol. The van der Waals surface area contributed by atoms with Gasteiger partial charge in [0.05, 0.1) is 12.0 Å². The smallest absolute Gasteiger partial charge is 0.338 e. The normalized spacial score (nSPS) is 19.3. The zero-order valence-corrected chi connectivity index (χ0v) is 9.90. The molecule has 1 aliphatic rings. The van der Waals surface area contributed by atoms with Crippen molar-refractivity contribution in [2.75, 3.05) is 6.61 Å². The van der Waals surface area contributed by atoms with Crippen molar-refractivity contribution in [3.05, 3.63) is 34.3 Å². The van der Waals surface area contributed by atoms with Gasteiger partial charge in [0, 0.05) is 4.47 Å². The summed E-state index contributed by atoms with van der Waals surface area (Å²) in [5.74, 6) is -0.760. The van der Waals surface area contributed by atoms with E-state index < -0.39 is 12.1 Å². The van der Waals surface area contributed by atoms with Crippen LogP contribution < -0.4 is 0 Å². The van der Waals surface area contributed by atoms with Gasteiger partial charge in [-0.15, -0.1) is 0 Å². The first kappa shape index (κ1) is 11.1. The first-order chi connectivity index (χ1) is 7.65. The highest BCUT2D eigenvalue weighted by atomic mass is 79.9. The number of ether oxygens (including phenoxy) is 2. The van der Waals surface area contributed by atoms with Gasteiger partial charge < -0.3 is 9.47 Å². The van der Waals surface area contributed by atoms with E-state index >= 15 is 0 Å². The van der Waals surface area contributed by atoms with Gasteiger partial charge in [-0.25, -0.2) is 4.79 Å². The van der Waals surface area contributed by atoms with Gasteiger partial charge >= 0.3 is 11.9 Å². The summed E-state index contributed by atoms with van der Waals surface area (Å²) in [5.41, 5.74) is 0.461.